The fourth-order valence-corrected chi connectivity index (χ4v) is 4.81. The lowest BCUT2D eigenvalue weighted by molar-refractivity contribution is 0.0495. The van der Waals surface area contributed by atoms with E-state index in [1.807, 2.05) is 20.8 Å². The van der Waals surface area contributed by atoms with Gasteiger partial charge in [-0.1, -0.05) is 0 Å². The Balaban J connectivity index is 0.000000173. The SMILES string of the molecule is CC(C)(C)OC(=O)NC1CCNCC1.O=C(O)c1nc2sc3c(c2c(=O)[nH]1)CCC3. The first-order chi connectivity index (χ1) is 14.1. The number of alkyl carbamates (subject to hydrolysis) is 1. The van der Waals surface area contributed by atoms with Crippen LogP contribution in [-0.2, 0) is 17.6 Å². The zero-order chi connectivity index (χ0) is 21.9. The molecule has 10 heteroatoms. The van der Waals surface area contributed by atoms with E-state index in [1.165, 1.54) is 16.2 Å². The highest BCUT2D eigenvalue weighted by atomic mass is 32.1. The number of aromatic amines is 1. The molecule has 0 radical (unpaired) electrons. The van der Waals surface area contributed by atoms with Crippen LogP contribution in [0.1, 0.15) is 61.1 Å². The van der Waals surface area contributed by atoms with Gasteiger partial charge in [0.1, 0.15) is 10.4 Å². The van der Waals surface area contributed by atoms with Gasteiger partial charge in [0.25, 0.3) is 5.56 Å². The standard InChI is InChI=1S/C10H8N2O3S.C10H20N2O2/c13-8-6-4-2-1-3-5(4)16-9(6)12-7(11-8)10(14)15;1-10(2,3)14-9(13)12-8-4-6-11-7-5-8/h1-3H2,(H,14,15)(H,11,12,13);8,11H,4-7H2,1-3H3,(H,12,13). The van der Waals surface area contributed by atoms with Crippen molar-refractivity contribution >= 4 is 33.6 Å². The van der Waals surface area contributed by atoms with Crippen LogP contribution in [0.4, 0.5) is 4.79 Å². The van der Waals surface area contributed by atoms with Gasteiger partial charge in [0, 0.05) is 10.9 Å². The second-order valence-electron chi connectivity index (χ2n) is 8.43. The van der Waals surface area contributed by atoms with Crippen LogP contribution >= 0.6 is 11.3 Å². The molecule has 0 spiro atoms. The fraction of sp³-hybridized carbons (Fsp3) is 0.600. The molecule has 4 rings (SSSR count). The minimum Gasteiger partial charge on any atom is -0.475 e. The lowest BCUT2D eigenvalue weighted by Gasteiger charge is -2.26. The van der Waals surface area contributed by atoms with Crippen molar-refractivity contribution < 1.29 is 19.4 Å². The Hall–Kier alpha value is -2.46. The minimum absolute atomic E-state index is 0.270. The highest BCUT2D eigenvalue weighted by molar-refractivity contribution is 7.18. The topological polar surface area (TPSA) is 133 Å². The Morgan fingerprint density at radius 1 is 1.23 bits per heavy atom. The van der Waals surface area contributed by atoms with Gasteiger partial charge in [-0.15, -0.1) is 11.3 Å². The number of fused-ring (bicyclic) bond motifs is 3. The monoisotopic (exact) mass is 436 g/mol. The van der Waals surface area contributed by atoms with E-state index in [2.05, 4.69) is 20.6 Å². The van der Waals surface area contributed by atoms with Crippen LogP contribution in [0.15, 0.2) is 4.79 Å². The van der Waals surface area contributed by atoms with Gasteiger partial charge >= 0.3 is 12.1 Å². The Morgan fingerprint density at radius 3 is 2.57 bits per heavy atom. The highest BCUT2D eigenvalue weighted by Crippen LogP contribution is 2.34. The van der Waals surface area contributed by atoms with Crippen LogP contribution < -0.4 is 16.2 Å². The molecular weight excluding hydrogens is 408 g/mol. The third-order valence-corrected chi connectivity index (χ3v) is 6.02. The number of H-pyrrole nitrogens is 1. The third-order valence-electron chi connectivity index (χ3n) is 4.84. The molecule has 0 bridgehead atoms. The molecule has 1 aliphatic heterocycles. The molecule has 9 nitrogen and oxygen atoms in total. The molecule has 0 saturated carbocycles. The van der Waals surface area contributed by atoms with Gasteiger partial charge in [0.15, 0.2) is 0 Å². The molecule has 2 aromatic heterocycles. The minimum atomic E-state index is -1.20. The second kappa shape index (κ2) is 9.13. The molecule has 4 N–H and O–H groups in total. The summed E-state index contributed by atoms with van der Waals surface area (Å²) in [6, 6.07) is 0.270. The smallest absolute Gasteiger partial charge is 0.407 e. The molecule has 1 saturated heterocycles. The summed E-state index contributed by atoms with van der Waals surface area (Å²) in [5.41, 5.74) is 0.323. The summed E-state index contributed by atoms with van der Waals surface area (Å²) in [6.07, 6.45) is 4.60. The summed E-state index contributed by atoms with van der Waals surface area (Å²) < 4.78 is 5.17. The van der Waals surface area contributed by atoms with Crippen LogP contribution in [0, 0.1) is 0 Å². The molecule has 164 valence electrons. The molecule has 30 heavy (non-hydrogen) atoms. The van der Waals surface area contributed by atoms with Crippen LogP contribution in [0.5, 0.6) is 0 Å². The van der Waals surface area contributed by atoms with Crippen molar-refractivity contribution in [3.63, 3.8) is 0 Å². The van der Waals surface area contributed by atoms with E-state index < -0.39 is 11.6 Å². The normalized spacial score (nSPS) is 16.5. The maximum absolute atomic E-state index is 11.8. The first-order valence-corrected chi connectivity index (χ1v) is 10.9. The molecule has 1 aliphatic carbocycles. The predicted octanol–water partition coefficient (Wildman–Crippen LogP) is 2.43. The predicted molar refractivity (Wildman–Crippen MR) is 114 cm³/mol. The van der Waals surface area contributed by atoms with E-state index in [9.17, 15) is 14.4 Å². The number of carbonyl (C=O) groups excluding carboxylic acids is 1. The number of nitrogens with zero attached hydrogens (tertiary/aromatic N) is 1. The fourth-order valence-electron chi connectivity index (χ4n) is 3.54. The number of ether oxygens (including phenoxy) is 1. The average Bonchev–Trinajstić information content (AvgIpc) is 3.22. The summed E-state index contributed by atoms with van der Waals surface area (Å²) in [4.78, 5) is 41.9. The van der Waals surface area contributed by atoms with Gasteiger partial charge in [-0.2, -0.15) is 0 Å². The molecular formula is C20H28N4O5S. The maximum Gasteiger partial charge on any atom is 0.407 e. The lowest BCUT2D eigenvalue weighted by Crippen LogP contribution is -2.44. The van der Waals surface area contributed by atoms with Crippen molar-refractivity contribution in [2.75, 3.05) is 13.1 Å². The van der Waals surface area contributed by atoms with Gasteiger partial charge in [-0.25, -0.2) is 14.6 Å². The van der Waals surface area contributed by atoms with E-state index in [0.717, 1.165) is 50.8 Å². The number of rotatable bonds is 2. The van der Waals surface area contributed by atoms with Gasteiger partial charge in [0.05, 0.1) is 5.39 Å². The zero-order valence-electron chi connectivity index (χ0n) is 17.5. The van der Waals surface area contributed by atoms with E-state index in [0.29, 0.717) is 10.2 Å². The molecule has 0 atom stereocenters. The molecule has 1 amide bonds. The van der Waals surface area contributed by atoms with E-state index in [-0.39, 0.29) is 23.5 Å². The van der Waals surface area contributed by atoms with E-state index >= 15 is 0 Å². The van der Waals surface area contributed by atoms with Crippen molar-refractivity contribution in [1.82, 2.24) is 20.6 Å². The van der Waals surface area contributed by atoms with Crippen molar-refractivity contribution in [2.24, 2.45) is 0 Å². The van der Waals surface area contributed by atoms with Crippen molar-refractivity contribution in [3.05, 3.63) is 26.6 Å². The first-order valence-electron chi connectivity index (χ1n) is 10.1. The number of carboxylic acids is 1. The Morgan fingerprint density at radius 2 is 1.93 bits per heavy atom. The first kappa shape index (κ1) is 22.2. The number of aromatic nitrogens is 2. The number of aryl methyl sites for hydroxylation is 2. The Labute approximate surface area is 178 Å². The summed E-state index contributed by atoms with van der Waals surface area (Å²) in [6.45, 7) is 7.56. The number of carbonyl (C=O) groups is 2. The van der Waals surface area contributed by atoms with Gasteiger partial charge < -0.3 is 25.5 Å². The third kappa shape index (κ3) is 5.57. The summed E-state index contributed by atoms with van der Waals surface area (Å²) in [5.74, 6) is -1.48. The summed E-state index contributed by atoms with van der Waals surface area (Å²) >= 11 is 1.44. The number of carboxylic acid groups (broad SMARTS) is 1. The van der Waals surface area contributed by atoms with E-state index in [4.69, 9.17) is 9.84 Å². The number of hydrogen-bond acceptors (Lipinski definition) is 7. The number of amides is 1. The van der Waals surface area contributed by atoms with Gasteiger partial charge in [-0.3, -0.25) is 4.79 Å². The van der Waals surface area contributed by atoms with Gasteiger partial charge in [-0.05, 0) is 71.5 Å². The maximum atomic E-state index is 11.8. The number of aromatic carboxylic acids is 1. The molecule has 0 unspecified atom stereocenters. The number of hydrogen-bond donors (Lipinski definition) is 4. The van der Waals surface area contributed by atoms with Crippen LogP contribution in [0.25, 0.3) is 10.2 Å². The van der Waals surface area contributed by atoms with E-state index in [1.54, 1.807) is 0 Å². The Kier molecular flexibility index (Phi) is 6.77. The van der Waals surface area contributed by atoms with Gasteiger partial charge in [0.2, 0.25) is 5.82 Å². The largest absolute Gasteiger partial charge is 0.475 e. The molecule has 0 aromatic carbocycles. The molecule has 3 heterocycles. The van der Waals surface area contributed by atoms with Crippen molar-refractivity contribution in [2.45, 2.75) is 64.5 Å². The van der Waals surface area contributed by atoms with Crippen LogP contribution in [-0.4, -0.2) is 51.9 Å². The Bertz CT molecular complexity index is 985. The second-order valence-corrected chi connectivity index (χ2v) is 9.51. The van der Waals surface area contributed by atoms with Crippen LogP contribution in [0.3, 0.4) is 0 Å². The van der Waals surface area contributed by atoms with Crippen molar-refractivity contribution in [1.29, 1.82) is 0 Å². The summed E-state index contributed by atoms with van der Waals surface area (Å²) in [7, 11) is 0. The quantitative estimate of drug-likeness (QED) is 0.568. The zero-order valence-corrected chi connectivity index (χ0v) is 18.3. The highest BCUT2D eigenvalue weighted by Gasteiger charge is 2.22. The summed E-state index contributed by atoms with van der Waals surface area (Å²) in [5, 5.41) is 15.5. The molecule has 2 aromatic rings. The van der Waals surface area contributed by atoms with Crippen LogP contribution in [0.2, 0.25) is 0 Å². The van der Waals surface area contributed by atoms with Crippen molar-refractivity contribution in [3.8, 4) is 0 Å². The molecule has 2 aliphatic rings. The number of nitrogens with one attached hydrogen (secondary N) is 3. The lowest BCUT2D eigenvalue weighted by atomic mass is 10.1. The average molecular weight is 437 g/mol. The molecule has 1 fully saturated rings. The number of piperidine rings is 1. The number of thiophene rings is 1.